The highest BCUT2D eigenvalue weighted by Gasteiger charge is 2.36. The number of hydrogen-bond acceptors (Lipinski definition) is 4. The van der Waals surface area contributed by atoms with Crippen molar-refractivity contribution in [3.63, 3.8) is 0 Å². The minimum atomic E-state index is -1.53. The van der Waals surface area contributed by atoms with Gasteiger partial charge in [-0.3, -0.25) is 19.1 Å². The number of carbonyl (C=O) groups excluding carboxylic acids is 3. The number of fused-ring (bicyclic) bond motifs is 1. The molecule has 1 aliphatic carbocycles. The number of carbonyl (C=O) groups is 3. The van der Waals surface area contributed by atoms with Gasteiger partial charge in [0.2, 0.25) is 5.91 Å². The monoisotopic (exact) mass is 534 g/mol. The van der Waals surface area contributed by atoms with Crippen molar-refractivity contribution in [3.05, 3.63) is 94.9 Å². The molecule has 3 aromatic carbocycles. The Morgan fingerprint density at radius 3 is 2.50 bits per heavy atom. The third kappa shape index (κ3) is 4.68. The lowest BCUT2D eigenvalue weighted by molar-refractivity contribution is -0.122. The maximum Gasteiger partial charge on any atom is 0.269 e. The maximum atomic E-state index is 15.3. The molecule has 2 amide bonds. The Morgan fingerprint density at radius 1 is 1.03 bits per heavy atom. The number of ketones is 1. The highest BCUT2D eigenvalue weighted by Crippen LogP contribution is 2.35. The minimum absolute atomic E-state index is 0.000314. The number of alkyl halides is 1. The second-order valence-corrected chi connectivity index (χ2v) is 9.28. The van der Waals surface area contributed by atoms with Gasteiger partial charge in [0.05, 0.1) is 17.1 Å². The van der Waals surface area contributed by atoms with E-state index in [9.17, 15) is 18.8 Å². The number of Topliss-reactive ketones (excluding diaryl/α,β-unsaturated/α-hetero) is 1. The average Bonchev–Trinajstić information content (AvgIpc) is 3.47. The van der Waals surface area contributed by atoms with Crippen molar-refractivity contribution < 1.29 is 23.2 Å². The lowest BCUT2D eigenvalue weighted by atomic mass is 9.96. The maximum absolute atomic E-state index is 15.3. The number of nitrogens with one attached hydrogen (secondary N) is 1. The van der Waals surface area contributed by atoms with Gasteiger partial charge in [0.25, 0.3) is 5.91 Å². The van der Waals surface area contributed by atoms with E-state index in [1.165, 1.54) is 16.8 Å². The number of benzene rings is 3. The predicted octanol–water partition coefficient (Wildman–Crippen LogP) is 5.09. The molecule has 38 heavy (non-hydrogen) atoms. The fourth-order valence-electron chi connectivity index (χ4n) is 4.66. The van der Waals surface area contributed by atoms with Crippen LogP contribution in [-0.2, 0) is 16.1 Å². The number of amides is 2. The van der Waals surface area contributed by atoms with Crippen LogP contribution in [0.25, 0.3) is 22.0 Å². The predicted molar refractivity (Wildman–Crippen MR) is 140 cm³/mol. The molecule has 0 saturated carbocycles. The Kier molecular flexibility index (Phi) is 6.77. The van der Waals surface area contributed by atoms with Gasteiger partial charge < -0.3 is 11.1 Å². The van der Waals surface area contributed by atoms with Gasteiger partial charge >= 0.3 is 0 Å². The molecule has 1 aromatic heterocycles. The van der Waals surface area contributed by atoms with Gasteiger partial charge in [0.15, 0.2) is 17.3 Å². The zero-order valence-electron chi connectivity index (χ0n) is 19.8. The lowest BCUT2D eigenvalue weighted by Gasteiger charge is -2.16. The zero-order valence-corrected chi connectivity index (χ0v) is 20.6. The summed E-state index contributed by atoms with van der Waals surface area (Å²) >= 11 is 6.21. The number of halogens is 3. The van der Waals surface area contributed by atoms with E-state index >= 15 is 4.39 Å². The largest absolute Gasteiger partial charge is 0.364 e. The Labute approximate surface area is 220 Å². The van der Waals surface area contributed by atoms with Gasteiger partial charge in [-0.25, -0.2) is 8.78 Å². The first-order valence-corrected chi connectivity index (χ1v) is 12.1. The lowest BCUT2D eigenvalue weighted by Crippen LogP contribution is -2.28. The van der Waals surface area contributed by atoms with E-state index in [1.54, 1.807) is 54.6 Å². The fraction of sp³-hybridized carbons (Fsp3) is 0.143. The molecule has 1 aliphatic rings. The summed E-state index contributed by atoms with van der Waals surface area (Å²) in [5, 5.41) is 7.46. The van der Waals surface area contributed by atoms with Gasteiger partial charge in [0.1, 0.15) is 12.7 Å². The summed E-state index contributed by atoms with van der Waals surface area (Å²) in [6.07, 6.45) is -0.686. The van der Waals surface area contributed by atoms with Gasteiger partial charge in [-0.1, -0.05) is 60.1 Å². The van der Waals surface area contributed by atoms with Crippen LogP contribution in [0.5, 0.6) is 0 Å². The quantitative estimate of drug-likeness (QED) is 0.344. The number of allylic oxidation sites excluding steroid dienone is 1. The SMILES string of the molecule is NC(=O)c1nn(CC(=O)C2=C[C@H](F)C[C@H]2C(=O)Nc2cccc(-c3ccccc3Cl)c2F)c2ccccc12. The first-order chi connectivity index (χ1) is 18.2. The highest BCUT2D eigenvalue weighted by molar-refractivity contribution is 6.33. The number of rotatable bonds is 7. The van der Waals surface area contributed by atoms with E-state index in [2.05, 4.69) is 10.4 Å². The normalized spacial score (nSPS) is 16.9. The van der Waals surface area contributed by atoms with Crippen LogP contribution in [0.2, 0.25) is 5.02 Å². The topological polar surface area (TPSA) is 107 Å². The molecule has 0 aliphatic heterocycles. The first kappa shape index (κ1) is 25.3. The van der Waals surface area contributed by atoms with Gasteiger partial charge in [-0.2, -0.15) is 5.10 Å². The smallest absolute Gasteiger partial charge is 0.269 e. The van der Waals surface area contributed by atoms with Crippen LogP contribution in [0.1, 0.15) is 16.9 Å². The molecule has 0 spiro atoms. The van der Waals surface area contributed by atoms with Gasteiger partial charge in [-0.05, 0) is 30.7 Å². The van der Waals surface area contributed by atoms with Crippen molar-refractivity contribution in [2.45, 2.75) is 19.1 Å². The van der Waals surface area contributed by atoms with Crippen molar-refractivity contribution >= 4 is 45.8 Å². The molecule has 192 valence electrons. The minimum Gasteiger partial charge on any atom is -0.364 e. The third-order valence-electron chi connectivity index (χ3n) is 6.44. The summed E-state index contributed by atoms with van der Waals surface area (Å²) in [4.78, 5) is 38.2. The van der Waals surface area contributed by atoms with Gasteiger partial charge in [-0.15, -0.1) is 0 Å². The fourth-order valence-corrected chi connectivity index (χ4v) is 4.90. The van der Waals surface area contributed by atoms with Crippen LogP contribution in [0, 0.1) is 11.7 Å². The molecule has 2 atom stereocenters. The molecule has 0 unspecified atom stereocenters. The van der Waals surface area contributed by atoms with Crippen molar-refractivity contribution in [1.29, 1.82) is 0 Å². The number of aromatic nitrogens is 2. The third-order valence-corrected chi connectivity index (χ3v) is 6.77. The summed E-state index contributed by atoms with van der Waals surface area (Å²) in [6, 6.07) is 17.9. The Morgan fingerprint density at radius 2 is 1.74 bits per heavy atom. The molecule has 5 rings (SSSR count). The number of anilines is 1. The van der Waals surface area contributed by atoms with Crippen molar-refractivity contribution in [3.8, 4) is 11.1 Å². The summed E-state index contributed by atoms with van der Waals surface area (Å²) in [7, 11) is 0. The Balaban J connectivity index is 1.39. The average molecular weight is 535 g/mol. The molecule has 0 fully saturated rings. The van der Waals surface area contributed by atoms with Crippen molar-refractivity contribution in [2.75, 3.05) is 5.32 Å². The van der Waals surface area contributed by atoms with E-state index in [0.717, 1.165) is 6.08 Å². The molecule has 10 heteroatoms. The molecular formula is C28H21ClF2N4O3. The van der Waals surface area contributed by atoms with Crippen LogP contribution < -0.4 is 11.1 Å². The summed E-state index contributed by atoms with van der Waals surface area (Å²) in [5.74, 6) is -3.88. The number of nitrogens with two attached hydrogens (primary N) is 1. The van der Waals surface area contributed by atoms with E-state index < -0.39 is 35.5 Å². The van der Waals surface area contributed by atoms with Gasteiger partial charge in [0, 0.05) is 27.1 Å². The second kappa shape index (κ2) is 10.2. The van der Waals surface area contributed by atoms with Crippen LogP contribution in [0.4, 0.5) is 14.5 Å². The first-order valence-electron chi connectivity index (χ1n) is 11.7. The van der Waals surface area contributed by atoms with Crippen LogP contribution in [0.3, 0.4) is 0 Å². The van der Waals surface area contributed by atoms with Crippen LogP contribution in [-0.4, -0.2) is 33.5 Å². The standard InChI is InChI=1S/C28H21ClF2N4O3/c29-21-9-3-1-6-16(21)17-8-5-10-22(25(17)31)33-28(38)20-13-15(30)12-19(20)24(36)14-35-23-11-4-2-7-18(23)26(34-35)27(32)37/h1-12,15,20H,13-14H2,(H2,32,37)(H,33,38)/t15-,20+/m0/s1. The zero-order chi connectivity index (χ0) is 27.0. The molecule has 0 saturated heterocycles. The van der Waals surface area contributed by atoms with E-state index in [-0.39, 0.29) is 35.5 Å². The molecule has 0 bridgehead atoms. The number of nitrogens with zero attached hydrogens (tertiary/aromatic N) is 2. The number of para-hydroxylation sites is 1. The molecule has 0 radical (unpaired) electrons. The molecular weight excluding hydrogens is 514 g/mol. The molecule has 7 nitrogen and oxygen atoms in total. The molecule has 3 N–H and O–H groups in total. The van der Waals surface area contributed by atoms with E-state index in [4.69, 9.17) is 17.3 Å². The number of hydrogen-bond donors (Lipinski definition) is 2. The summed E-state index contributed by atoms with van der Waals surface area (Å²) < 4.78 is 31.1. The highest BCUT2D eigenvalue weighted by atomic mass is 35.5. The van der Waals surface area contributed by atoms with Crippen LogP contribution >= 0.6 is 11.6 Å². The van der Waals surface area contributed by atoms with Crippen LogP contribution in [0.15, 0.2) is 78.4 Å². The molecule has 1 heterocycles. The van der Waals surface area contributed by atoms with Crippen molar-refractivity contribution in [1.82, 2.24) is 9.78 Å². The van der Waals surface area contributed by atoms with E-state index in [1.807, 2.05) is 0 Å². The summed E-state index contributed by atoms with van der Waals surface area (Å²) in [6.45, 7) is -0.341. The second-order valence-electron chi connectivity index (χ2n) is 8.87. The Bertz CT molecular complexity index is 1630. The van der Waals surface area contributed by atoms with Crippen molar-refractivity contribution in [2.24, 2.45) is 11.7 Å². The number of primary amides is 1. The summed E-state index contributed by atoms with van der Waals surface area (Å²) in [5.41, 5.74) is 6.38. The van der Waals surface area contributed by atoms with E-state index in [0.29, 0.717) is 21.5 Å². The molecule has 4 aromatic rings. The Hall–Kier alpha value is -4.37.